The molecule has 16 heavy (non-hydrogen) atoms. The third kappa shape index (κ3) is 1.41. The van der Waals surface area contributed by atoms with Crippen LogP contribution in [0.15, 0.2) is 16.6 Å². The van der Waals surface area contributed by atoms with Crippen molar-refractivity contribution < 1.29 is 4.39 Å². The molecule has 0 spiro atoms. The Labute approximate surface area is 102 Å². The second kappa shape index (κ2) is 3.59. The van der Waals surface area contributed by atoms with Gasteiger partial charge in [0, 0.05) is 15.6 Å². The second-order valence-corrected chi connectivity index (χ2v) is 5.48. The largest absolute Gasteiger partial charge is 0.357 e. The number of hydrogen-bond acceptors (Lipinski definition) is 0. The number of halogens is 2. The van der Waals surface area contributed by atoms with Crippen LogP contribution in [0.2, 0.25) is 0 Å². The maximum absolute atomic E-state index is 13.4. The van der Waals surface area contributed by atoms with E-state index in [1.54, 1.807) is 6.07 Å². The fourth-order valence-corrected chi connectivity index (χ4v) is 3.24. The van der Waals surface area contributed by atoms with E-state index in [2.05, 4.69) is 27.8 Å². The van der Waals surface area contributed by atoms with E-state index in [0.29, 0.717) is 5.92 Å². The molecule has 1 unspecified atom stereocenters. The Hall–Kier alpha value is -0.830. The molecular weight excluding hydrogens is 269 g/mol. The van der Waals surface area contributed by atoms with Gasteiger partial charge >= 0.3 is 0 Å². The highest BCUT2D eigenvalue weighted by atomic mass is 79.9. The van der Waals surface area contributed by atoms with Crippen molar-refractivity contribution in [3.05, 3.63) is 33.7 Å². The highest BCUT2D eigenvalue weighted by Gasteiger charge is 2.22. The summed E-state index contributed by atoms with van der Waals surface area (Å²) in [4.78, 5) is 3.45. The Morgan fingerprint density at radius 3 is 3.06 bits per heavy atom. The van der Waals surface area contributed by atoms with Gasteiger partial charge in [-0.3, -0.25) is 0 Å². The molecule has 0 fully saturated rings. The molecule has 3 heteroatoms. The van der Waals surface area contributed by atoms with Crippen LogP contribution in [-0.4, -0.2) is 4.98 Å². The number of aromatic amines is 1. The molecule has 0 radical (unpaired) electrons. The highest BCUT2D eigenvalue weighted by molar-refractivity contribution is 9.10. The van der Waals surface area contributed by atoms with Crippen LogP contribution in [0, 0.1) is 5.82 Å². The molecule has 0 saturated carbocycles. The van der Waals surface area contributed by atoms with Crippen molar-refractivity contribution in [2.45, 2.75) is 32.1 Å². The van der Waals surface area contributed by atoms with Crippen LogP contribution in [0.1, 0.15) is 36.9 Å². The first-order valence-electron chi connectivity index (χ1n) is 5.66. The van der Waals surface area contributed by atoms with Crippen LogP contribution in [0.4, 0.5) is 4.39 Å². The van der Waals surface area contributed by atoms with Crippen molar-refractivity contribution in [1.82, 2.24) is 4.98 Å². The molecule has 1 aliphatic carbocycles. The van der Waals surface area contributed by atoms with Gasteiger partial charge in [-0.05, 0) is 58.8 Å². The van der Waals surface area contributed by atoms with Gasteiger partial charge in [-0.25, -0.2) is 4.39 Å². The minimum atomic E-state index is -0.167. The third-order valence-electron chi connectivity index (χ3n) is 3.52. The molecule has 2 aromatic rings. The zero-order valence-corrected chi connectivity index (χ0v) is 10.7. The van der Waals surface area contributed by atoms with Crippen molar-refractivity contribution in [2.24, 2.45) is 0 Å². The fraction of sp³-hybridized carbons (Fsp3) is 0.385. The Morgan fingerprint density at radius 1 is 1.44 bits per heavy atom. The molecule has 0 amide bonds. The molecule has 1 aromatic heterocycles. The van der Waals surface area contributed by atoms with Crippen molar-refractivity contribution in [3.63, 3.8) is 0 Å². The van der Waals surface area contributed by atoms with E-state index in [4.69, 9.17) is 0 Å². The molecule has 1 heterocycles. The lowest BCUT2D eigenvalue weighted by Crippen LogP contribution is -2.05. The summed E-state index contributed by atoms with van der Waals surface area (Å²) >= 11 is 3.42. The van der Waals surface area contributed by atoms with Gasteiger partial charge in [-0.1, -0.05) is 6.92 Å². The van der Waals surface area contributed by atoms with Crippen LogP contribution in [0.25, 0.3) is 10.9 Å². The van der Waals surface area contributed by atoms with Crippen LogP contribution in [0.3, 0.4) is 0 Å². The van der Waals surface area contributed by atoms with E-state index in [9.17, 15) is 4.39 Å². The quantitative estimate of drug-likeness (QED) is 0.731. The molecular formula is C13H13BrFN. The summed E-state index contributed by atoms with van der Waals surface area (Å²) in [5.41, 5.74) is 3.65. The summed E-state index contributed by atoms with van der Waals surface area (Å²) in [7, 11) is 0. The minimum absolute atomic E-state index is 0.167. The smallest absolute Gasteiger partial charge is 0.125 e. The summed E-state index contributed by atoms with van der Waals surface area (Å²) in [6, 6.07) is 3.17. The molecule has 1 nitrogen and oxygen atoms in total. The Bertz CT molecular complexity index is 559. The first-order chi connectivity index (χ1) is 7.66. The van der Waals surface area contributed by atoms with Crippen molar-refractivity contribution in [1.29, 1.82) is 0 Å². The molecule has 3 rings (SSSR count). The lowest BCUT2D eigenvalue weighted by Gasteiger charge is -2.18. The van der Waals surface area contributed by atoms with Crippen LogP contribution in [-0.2, 0) is 6.42 Å². The summed E-state index contributed by atoms with van der Waals surface area (Å²) in [6.07, 6.45) is 3.49. The van der Waals surface area contributed by atoms with E-state index in [1.807, 2.05) is 0 Å². The van der Waals surface area contributed by atoms with Gasteiger partial charge in [0.15, 0.2) is 0 Å². The van der Waals surface area contributed by atoms with Gasteiger partial charge in [0.25, 0.3) is 0 Å². The standard InChI is InChI=1S/C13H13BrFN/c1-7-3-2-4-9-10-5-8(15)6-11(14)13(10)16-12(7)9/h5-7,16H,2-4H2,1H3. The zero-order valence-electron chi connectivity index (χ0n) is 9.11. The molecule has 84 valence electrons. The van der Waals surface area contributed by atoms with Gasteiger partial charge in [0.2, 0.25) is 0 Å². The van der Waals surface area contributed by atoms with Gasteiger partial charge in [0.1, 0.15) is 5.82 Å². The van der Waals surface area contributed by atoms with E-state index < -0.39 is 0 Å². The molecule has 1 N–H and O–H groups in total. The van der Waals surface area contributed by atoms with E-state index in [-0.39, 0.29) is 5.82 Å². The van der Waals surface area contributed by atoms with Gasteiger partial charge in [-0.2, -0.15) is 0 Å². The predicted octanol–water partition coefficient (Wildman–Crippen LogP) is 4.51. The second-order valence-electron chi connectivity index (χ2n) is 4.62. The van der Waals surface area contributed by atoms with Crippen molar-refractivity contribution in [3.8, 4) is 0 Å². The van der Waals surface area contributed by atoms with E-state index in [0.717, 1.165) is 21.8 Å². The number of benzene rings is 1. The maximum Gasteiger partial charge on any atom is 0.125 e. The lowest BCUT2D eigenvalue weighted by molar-refractivity contribution is 0.582. The van der Waals surface area contributed by atoms with Gasteiger partial charge in [0.05, 0.1) is 5.52 Å². The number of aromatic nitrogens is 1. The highest BCUT2D eigenvalue weighted by Crippen LogP contribution is 2.38. The summed E-state index contributed by atoms with van der Waals surface area (Å²) in [5.74, 6) is 0.394. The predicted molar refractivity (Wildman–Crippen MR) is 67.3 cm³/mol. The number of nitrogens with one attached hydrogen (secondary N) is 1. The monoisotopic (exact) mass is 281 g/mol. The van der Waals surface area contributed by atoms with Crippen LogP contribution in [0.5, 0.6) is 0 Å². The SMILES string of the molecule is CC1CCCc2c1[nH]c1c(Br)cc(F)cc21. The average Bonchev–Trinajstić information content (AvgIpc) is 2.59. The third-order valence-corrected chi connectivity index (χ3v) is 4.15. The van der Waals surface area contributed by atoms with E-state index in [1.165, 1.54) is 30.2 Å². The summed E-state index contributed by atoms with van der Waals surface area (Å²) in [6.45, 7) is 2.23. The van der Waals surface area contributed by atoms with Crippen molar-refractivity contribution >= 4 is 26.8 Å². The molecule has 0 bridgehead atoms. The van der Waals surface area contributed by atoms with Crippen LogP contribution >= 0.6 is 15.9 Å². The molecule has 0 aliphatic heterocycles. The Balaban J connectivity index is 2.36. The summed E-state index contributed by atoms with van der Waals surface area (Å²) < 4.78 is 14.2. The zero-order chi connectivity index (χ0) is 11.3. The molecule has 1 atom stereocenters. The maximum atomic E-state index is 13.4. The minimum Gasteiger partial charge on any atom is -0.357 e. The van der Waals surface area contributed by atoms with Crippen molar-refractivity contribution in [2.75, 3.05) is 0 Å². The van der Waals surface area contributed by atoms with E-state index >= 15 is 0 Å². The topological polar surface area (TPSA) is 15.8 Å². The lowest BCUT2D eigenvalue weighted by atomic mass is 9.88. The van der Waals surface area contributed by atoms with Crippen LogP contribution < -0.4 is 0 Å². The Morgan fingerprint density at radius 2 is 2.25 bits per heavy atom. The molecule has 1 aliphatic rings. The number of aryl methyl sites for hydroxylation is 1. The first kappa shape index (κ1) is 10.3. The number of H-pyrrole nitrogens is 1. The average molecular weight is 282 g/mol. The molecule has 0 saturated heterocycles. The first-order valence-corrected chi connectivity index (χ1v) is 6.45. The van der Waals surface area contributed by atoms with Gasteiger partial charge < -0.3 is 4.98 Å². The fourth-order valence-electron chi connectivity index (χ4n) is 2.71. The number of rotatable bonds is 0. The Kier molecular flexibility index (Phi) is 2.32. The molecule has 1 aromatic carbocycles. The summed E-state index contributed by atoms with van der Waals surface area (Å²) in [5, 5.41) is 1.05. The number of hydrogen-bond donors (Lipinski definition) is 1. The number of fused-ring (bicyclic) bond motifs is 3. The van der Waals surface area contributed by atoms with Gasteiger partial charge in [-0.15, -0.1) is 0 Å². The normalized spacial score (nSPS) is 20.1.